The lowest BCUT2D eigenvalue weighted by Gasteiger charge is -2.42. The van der Waals surface area contributed by atoms with E-state index >= 15 is 0 Å². The van der Waals surface area contributed by atoms with Gasteiger partial charge in [0.2, 0.25) is 17.5 Å². The van der Waals surface area contributed by atoms with Crippen molar-refractivity contribution < 1.29 is 68.2 Å². The van der Waals surface area contributed by atoms with Crippen LogP contribution in [0.3, 0.4) is 0 Å². The maximum absolute atomic E-state index is 13.6. The Bertz CT molecular complexity index is 1520. The zero-order valence-electron chi connectivity index (χ0n) is 24.8. The molecule has 6 N–H and O–H groups in total. The average molecular weight is 637 g/mol. The van der Waals surface area contributed by atoms with E-state index in [2.05, 4.69) is 0 Å². The van der Waals surface area contributed by atoms with Crippen molar-refractivity contribution in [2.45, 2.75) is 68.3 Å². The van der Waals surface area contributed by atoms with Crippen LogP contribution >= 0.6 is 0 Å². The van der Waals surface area contributed by atoms with Gasteiger partial charge in [0.25, 0.3) is 0 Å². The predicted octanol–water partition coefficient (Wildman–Crippen LogP) is -0.484. The Balaban J connectivity index is 1.42. The molecule has 246 valence electrons. The lowest BCUT2D eigenvalue weighted by Crippen LogP contribution is -2.61. The highest BCUT2D eigenvalue weighted by Gasteiger charge is 2.47. The fraction of sp³-hybridized carbons (Fsp3) is 0.500. The van der Waals surface area contributed by atoms with E-state index in [4.69, 9.17) is 37.6 Å². The van der Waals surface area contributed by atoms with Gasteiger partial charge < -0.3 is 68.2 Å². The van der Waals surface area contributed by atoms with Crippen molar-refractivity contribution in [1.82, 2.24) is 0 Å². The van der Waals surface area contributed by atoms with Crippen LogP contribution in [0.25, 0.3) is 22.1 Å². The fourth-order valence-electron chi connectivity index (χ4n) is 5.28. The lowest BCUT2D eigenvalue weighted by molar-refractivity contribution is -0.318. The number of aliphatic hydroxyl groups is 6. The van der Waals surface area contributed by atoms with Gasteiger partial charge in [-0.1, -0.05) is 12.1 Å². The van der Waals surface area contributed by atoms with E-state index in [1.54, 1.807) is 24.3 Å². The third-order valence-corrected chi connectivity index (χ3v) is 7.90. The summed E-state index contributed by atoms with van der Waals surface area (Å²) in [7, 11) is 4.15. The summed E-state index contributed by atoms with van der Waals surface area (Å²) < 4.78 is 44.6. The third kappa shape index (κ3) is 6.18. The van der Waals surface area contributed by atoms with Gasteiger partial charge in [-0.25, -0.2) is 0 Å². The molecule has 2 saturated heterocycles. The fourth-order valence-corrected chi connectivity index (χ4v) is 5.28. The Morgan fingerprint density at radius 1 is 0.756 bits per heavy atom. The molecular formula is C30H36O15. The Morgan fingerprint density at radius 3 is 2.04 bits per heavy atom. The summed E-state index contributed by atoms with van der Waals surface area (Å²) in [6.07, 6.45) is -13.6. The second-order valence-electron chi connectivity index (χ2n) is 10.7. The number of aliphatic hydroxyl groups excluding tert-OH is 6. The van der Waals surface area contributed by atoms with Crippen molar-refractivity contribution in [3.63, 3.8) is 0 Å². The minimum Gasteiger partial charge on any atom is -0.497 e. The van der Waals surface area contributed by atoms with Crippen LogP contribution in [0.4, 0.5) is 0 Å². The zero-order chi connectivity index (χ0) is 32.6. The van der Waals surface area contributed by atoms with Crippen molar-refractivity contribution in [2.75, 3.05) is 27.9 Å². The molecule has 0 bridgehead atoms. The first-order valence-corrected chi connectivity index (χ1v) is 14.0. The van der Waals surface area contributed by atoms with Crippen molar-refractivity contribution in [3.05, 3.63) is 46.8 Å². The lowest BCUT2D eigenvalue weighted by atomic mass is 9.98. The highest BCUT2D eigenvalue weighted by molar-refractivity contribution is 5.91. The third-order valence-electron chi connectivity index (χ3n) is 7.90. The van der Waals surface area contributed by atoms with Crippen molar-refractivity contribution in [1.29, 1.82) is 0 Å². The number of hydrogen-bond donors (Lipinski definition) is 6. The first-order chi connectivity index (χ1) is 21.5. The topological polar surface area (TPSA) is 216 Å². The average Bonchev–Trinajstić information content (AvgIpc) is 3.05. The summed E-state index contributed by atoms with van der Waals surface area (Å²) >= 11 is 0. The molecule has 2 aromatic carbocycles. The normalized spacial score (nSPS) is 31.9. The highest BCUT2D eigenvalue weighted by Crippen LogP contribution is 2.44. The smallest absolute Gasteiger partial charge is 0.229 e. The minimum atomic E-state index is -1.76. The number of fused-ring (bicyclic) bond motifs is 1. The molecule has 0 unspecified atom stereocenters. The number of ether oxygens (including phenoxy) is 7. The van der Waals surface area contributed by atoms with Gasteiger partial charge in [-0.3, -0.25) is 4.79 Å². The monoisotopic (exact) mass is 636 g/mol. The Morgan fingerprint density at radius 2 is 1.40 bits per heavy atom. The molecule has 0 saturated carbocycles. The summed E-state index contributed by atoms with van der Waals surface area (Å²) in [6.45, 7) is 0.989. The Labute approximate surface area is 256 Å². The van der Waals surface area contributed by atoms with Gasteiger partial charge in [0.05, 0.1) is 39.6 Å². The summed E-state index contributed by atoms with van der Waals surface area (Å²) in [5.41, 5.74) is 0.438. The number of methoxy groups -OCH3 is 3. The van der Waals surface area contributed by atoms with Gasteiger partial charge in [-0.05, 0) is 24.6 Å². The quantitative estimate of drug-likeness (QED) is 0.175. The molecule has 1 aromatic heterocycles. The van der Waals surface area contributed by atoms with Crippen LogP contribution in [0.15, 0.2) is 45.8 Å². The molecule has 0 radical (unpaired) electrons. The van der Waals surface area contributed by atoms with E-state index in [-0.39, 0.29) is 33.8 Å². The molecule has 15 nitrogen and oxygen atoms in total. The molecule has 2 fully saturated rings. The SMILES string of the molecule is COc1ccc(-c2coc3cc(O[C@H]4O[C@@H](CO[C@@H]5O[C@@H](C)[C@H](O)[C@@H](O)[C@H]5O)[C@H](O)[C@@H](O)[C@@H]4O)c(OC)c(OC)c3c2=O)cc1. The molecule has 3 aromatic rings. The van der Waals surface area contributed by atoms with E-state index in [9.17, 15) is 35.4 Å². The van der Waals surface area contributed by atoms with Crippen LogP contribution < -0.4 is 24.4 Å². The first kappa shape index (κ1) is 32.9. The standard InChI is InChI=1S/C30H36O15/c1-12-20(31)23(34)25(36)29(43-12)42-11-18-22(33)24(35)26(37)30(45-18)44-17-9-16-19(28(40-4)27(17)39-3)21(32)15(10-41-16)13-5-7-14(38-2)8-6-13/h5-10,12,18,20,22-26,29-31,33-37H,11H2,1-4H3/t12-,18-,20-,22-,23+,24+,25+,26-,29+,30-/m0/s1. The molecule has 15 heteroatoms. The van der Waals surface area contributed by atoms with Crippen LogP contribution in [-0.2, 0) is 14.2 Å². The molecule has 0 amide bonds. The Kier molecular flexibility index (Phi) is 9.83. The van der Waals surface area contributed by atoms with E-state index in [0.29, 0.717) is 11.3 Å². The second-order valence-corrected chi connectivity index (χ2v) is 10.7. The predicted molar refractivity (Wildman–Crippen MR) is 153 cm³/mol. The molecule has 45 heavy (non-hydrogen) atoms. The molecule has 2 aliphatic heterocycles. The molecule has 3 heterocycles. The summed E-state index contributed by atoms with van der Waals surface area (Å²) in [5.74, 6) is 0.440. The maximum Gasteiger partial charge on any atom is 0.229 e. The van der Waals surface area contributed by atoms with Gasteiger partial charge in [-0.15, -0.1) is 0 Å². The molecule has 0 spiro atoms. The van der Waals surface area contributed by atoms with Gasteiger partial charge >= 0.3 is 0 Å². The maximum atomic E-state index is 13.6. The molecule has 0 aliphatic carbocycles. The summed E-state index contributed by atoms with van der Waals surface area (Å²) in [6, 6.07) is 8.13. The van der Waals surface area contributed by atoms with Crippen molar-refractivity contribution >= 4 is 11.0 Å². The first-order valence-electron chi connectivity index (χ1n) is 14.0. The van der Waals surface area contributed by atoms with Crippen LogP contribution in [-0.4, -0.2) is 120 Å². The minimum absolute atomic E-state index is 0.0295. The number of rotatable bonds is 9. The van der Waals surface area contributed by atoms with Crippen molar-refractivity contribution in [2.24, 2.45) is 0 Å². The van der Waals surface area contributed by atoms with E-state index in [0.717, 1.165) is 0 Å². The molecule has 10 atom stereocenters. The second kappa shape index (κ2) is 13.5. The van der Waals surface area contributed by atoms with E-state index in [1.807, 2.05) is 0 Å². The molecule has 2 aliphatic rings. The summed E-state index contributed by atoms with van der Waals surface area (Å²) in [4.78, 5) is 13.6. The van der Waals surface area contributed by atoms with Gasteiger partial charge in [0.1, 0.15) is 65.7 Å². The van der Waals surface area contributed by atoms with Crippen LogP contribution in [0.5, 0.6) is 23.0 Å². The van der Waals surface area contributed by atoms with Crippen LogP contribution in [0.2, 0.25) is 0 Å². The number of hydrogen-bond acceptors (Lipinski definition) is 15. The van der Waals surface area contributed by atoms with Crippen LogP contribution in [0.1, 0.15) is 6.92 Å². The summed E-state index contributed by atoms with van der Waals surface area (Å²) in [5, 5.41) is 62.1. The van der Waals surface area contributed by atoms with Gasteiger partial charge in [0.15, 0.2) is 17.8 Å². The van der Waals surface area contributed by atoms with Crippen LogP contribution in [0, 0.1) is 0 Å². The Hall–Kier alpha value is -3.51. The van der Waals surface area contributed by atoms with Gasteiger partial charge in [-0.2, -0.15) is 0 Å². The number of benzene rings is 2. The van der Waals surface area contributed by atoms with E-state index in [1.165, 1.54) is 40.6 Å². The highest BCUT2D eigenvalue weighted by atomic mass is 16.7. The molecular weight excluding hydrogens is 600 g/mol. The molecule has 5 rings (SSSR count). The zero-order valence-corrected chi connectivity index (χ0v) is 24.8. The van der Waals surface area contributed by atoms with Crippen molar-refractivity contribution in [3.8, 4) is 34.1 Å². The van der Waals surface area contributed by atoms with Gasteiger partial charge in [0, 0.05) is 6.07 Å². The van der Waals surface area contributed by atoms with E-state index < -0.39 is 73.4 Å². The largest absolute Gasteiger partial charge is 0.497 e.